The van der Waals surface area contributed by atoms with Gasteiger partial charge < -0.3 is 5.73 Å². The lowest BCUT2D eigenvalue weighted by molar-refractivity contribution is -0.0355. The highest BCUT2D eigenvalue weighted by molar-refractivity contribution is 5.16. The van der Waals surface area contributed by atoms with Crippen LogP contribution in [0.15, 0.2) is 0 Å². The van der Waals surface area contributed by atoms with Crippen molar-refractivity contribution in [2.75, 3.05) is 0 Å². The third-order valence-corrected chi connectivity index (χ3v) is 6.00. The van der Waals surface area contributed by atoms with Gasteiger partial charge in [-0.05, 0) is 61.7 Å². The molecule has 4 aliphatic carbocycles. The highest BCUT2D eigenvalue weighted by atomic mass is 15.5. The molecular formula is C16H26N4. The van der Waals surface area contributed by atoms with Crippen LogP contribution in [0.3, 0.4) is 0 Å². The number of aromatic nitrogens is 3. The van der Waals surface area contributed by atoms with Crippen LogP contribution in [0.4, 0.5) is 0 Å². The first-order valence-corrected chi connectivity index (χ1v) is 8.31. The smallest absolute Gasteiger partial charge is 0.0997 e. The number of hydrogen-bond acceptors (Lipinski definition) is 3. The Morgan fingerprint density at radius 2 is 1.70 bits per heavy atom. The lowest BCUT2D eigenvalue weighted by Crippen LogP contribution is -2.46. The van der Waals surface area contributed by atoms with Gasteiger partial charge in [0, 0.05) is 6.54 Å². The molecule has 0 amide bonds. The highest BCUT2D eigenvalue weighted by Crippen LogP contribution is 2.58. The van der Waals surface area contributed by atoms with E-state index in [1.54, 1.807) is 0 Å². The standard InChI is InChI=1S/C16H26N4/c1-9(2)15-14(8-17)18-19-20(15)16-12-4-10-3-11(6-12)7-13(16)5-10/h9-13,16H,3-8,17H2,1-2H3. The fourth-order valence-electron chi connectivity index (χ4n) is 5.59. The van der Waals surface area contributed by atoms with E-state index >= 15 is 0 Å². The molecule has 0 unspecified atom stereocenters. The molecule has 4 fully saturated rings. The normalized spacial score (nSPS) is 38.9. The molecule has 110 valence electrons. The largest absolute Gasteiger partial charge is 0.325 e. The highest BCUT2D eigenvalue weighted by Gasteiger charge is 2.50. The molecule has 0 atom stereocenters. The summed E-state index contributed by atoms with van der Waals surface area (Å²) in [4.78, 5) is 0. The van der Waals surface area contributed by atoms with Crippen LogP contribution in [-0.2, 0) is 6.54 Å². The second kappa shape index (κ2) is 4.55. The van der Waals surface area contributed by atoms with E-state index in [-0.39, 0.29) is 0 Å². The summed E-state index contributed by atoms with van der Waals surface area (Å²) < 4.78 is 2.29. The average molecular weight is 274 g/mol. The summed E-state index contributed by atoms with van der Waals surface area (Å²) in [5.74, 6) is 4.16. The predicted molar refractivity (Wildman–Crippen MR) is 78.1 cm³/mol. The van der Waals surface area contributed by atoms with E-state index in [2.05, 4.69) is 28.8 Å². The topological polar surface area (TPSA) is 56.7 Å². The summed E-state index contributed by atoms with van der Waals surface area (Å²) in [5.41, 5.74) is 8.16. The Labute approximate surface area is 121 Å². The van der Waals surface area contributed by atoms with Gasteiger partial charge >= 0.3 is 0 Å². The van der Waals surface area contributed by atoms with E-state index in [0.29, 0.717) is 18.5 Å². The Bertz CT molecular complexity index is 477. The van der Waals surface area contributed by atoms with Crippen LogP contribution in [-0.4, -0.2) is 15.0 Å². The van der Waals surface area contributed by atoms with Crippen LogP contribution in [0.5, 0.6) is 0 Å². The molecule has 4 aliphatic rings. The summed E-state index contributed by atoms with van der Waals surface area (Å²) in [6.45, 7) is 5.00. The van der Waals surface area contributed by atoms with Gasteiger partial charge in [0.2, 0.25) is 0 Å². The van der Waals surface area contributed by atoms with Crippen molar-refractivity contribution >= 4 is 0 Å². The Hall–Kier alpha value is -0.900. The number of nitrogens with two attached hydrogens (primary N) is 1. The molecule has 4 bridgehead atoms. The van der Waals surface area contributed by atoms with Gasteiger partial charge in [0.1, 0.15) is 0 Å². The number of hydrogen-bond donors (Lipinski definition) is 1. The van der Waals surface area contributed by atoms with Crippen molar-refractivity contribution < 1.29 is 0 Å². The van der Waals surface area contributed by atoms with Gasteiger partial charge in [0.15, 0.2) is 0 Å². The fraction of sp³-hybridized carbons (Fsp3) is 0.875. The third-order valence-electron chi connectivity index (χ3n) is 6.00. The van der Waals surface area contributed by atoms with Gasteiger partial charge in [-0.25, -0.2) is 4.68 Å². The van der Waals surface area contributed by atoms with Crippen LogP contribution < -0.4 is 5.73 Å². The Balaban J connectivity index is 1.73. The predicted octanol–water partition coefficient (Wildman–Crippen LogP) is 2.86. The SMILES string of the molecule is CC(C)c1c(CN)nnn1C1C2CC3CC(C2)CC1C3. The third kappa shape index (κ3) is 1.77. The monoisotopic (exact) mass is 274 g/mol. The van der Waals surface area contributed by atoms with Crippen molar-refractivity contribution in [1.82, 2.24) is 15.0 Å². The molecule has 1 aromatic heterocycles. The summed E-state index contributed by atoms with van der Waals surface area (Å²) >= 11 is 0. The Morgan fingerprint density at radius 1 is 1.10 bits per heavy atom. The van der Waals surface area contributed by atoms with Crippen LogP contribution >= 0.6 is 0 Å². The average Bonchev–Trinajstić information content (AvgIpc) is 2.81. The zero-order valence-electron chi connectivity index (χ0n) is 12.6. The van der Waals surface area contributed by atoms with Gasteiger partial charge in [-0.1, -0.05) is 19.1 Å². The molecule has 0 spiro atoms. The van der Waals surface area contributed by atoms with Crippen LogP contribution in [0.2, 0.25) is 0 Å². The van der Waals surface area contributed by atoms with Crippen molar-refractivity contribution in [3.05, 3.63) is 11.4 Å². The Kier molecular flexibility index (Phi) is 2.92. The van der Waals surface area contributed by atoms with Crippen molar-refractivity contribution in [2.45, 2.75) is 64.5 Å². The van der Waals surface area contributed by atoms with Gasteiger partial charge in [0.05, 0.1) is 17.4 Å². The van der Waals surface area contributed by atoms with E-state index in [4.69, 9.17) is 5.73 Å². The molecule has 5 rings (SSSR count). The number of rotatable bonds is 3. The second-order valence-electron chi connectivity index (χ2n) is 7.65. The second-order valence-corrected chi connectivity index (χ2v) is 7.65. The summed E-state index contributed by atoms with van der Waals surface area (Å²) in [5, 5.41) is 8.92. The molecule has 4 saturated carbocycles. The molecule has 0 saturated heterocycles. The first-order valence-electron chi connectivity index (χ1n) is 8.31. The fourth-order valence-corrected chi connectivity index (χ4v) is 5.59. The van der Waals surface area contributed by atoms with E-state index in [1.807, 2.05) is 0 Å². The maximum Gasteiger partial charge on any atom is 0.0997 e. The van der Waals surface area contributed by atoms with Crippen molar-refractivity contribution in [3.8, 4) is 0 Å². The minimum atomic E-state index is 0.459. The molecule has 0 aromatic carbocycles. The summed E-state index contributed by atoms with van der Waals surface area (Å²) in [6, 6.07) is 0.605. The molecule has 4 nitrogen and oxygen atoms in total. The summed E-state index contributed by atoms with van der Waals surface area (Å²) in [6.07, 6.45) is 7.20. The maximum absolute atomic E-state index is 5.86. The van der Waals surface area contributed by atoms with Crippen LogP contribution in [0.25, 0.3) is 0 Å². The maximum atomic E-state index is 5.86. The van der Waals surface area contributed by atoms with Crippen molar-refractivity contribution in [2.24, 2.45) is 29.4 Å². The molecule has 2 N–H and O–H groups in total. The molecule has 0 aliphatic heterocycles. The van der Waals surface area contributed by atoms with Crippen molar-refractivity contribution in [1.29, 1.82) is 0 Å². The minimum Gasteiger partial charge on any atom is -0.325 e. The Morgan fingerprint density at radius 3 is 2.20 bits per heavy atom. The lowest BCUT2D eigenvalue weighted by Gasteiger charge is -2.54. The molecular weight excluding hydrogens is 248 g/mol. The first kappa shape index (κ1) is 12.8. The van der Waals surface area contributed by atoms with Gasteiger partial charge in [0.25, 0.3) is 0 Å². The van der Waals surface area contributed by atoms with Gasteiger partial charge in [-0.3, -0.25) is 0 Å². The van der Waals surface area contributed by atoms with Gasteiger partial charge in [-0.15, -0.1) is 5.10 Å². The zero-order chi connectivity index (χ0) is 13.9. The quantitative estimate of drug-likeness (QED) is 0.922. The lowest BCUT2D eigenvalue weighted by atomic mass is 9.54. The van der Waals surface area contributed by atoms with Crippen molar-refractivity contribution in [3.63, 3.8) is 0 Å². The summed E-state index contributed by atoms with van der Waals surface area (Å²) in [7, 11) is 0. The van der Waals surface area contributed by atoms with E-state index in [0.717, 1.165) is 29.4 Å². The van der Waals surface area contributed by atoms with E-state index in [1.165, 1.54) is 37.8 Å². The van der Waals surface area contributed by atoms with Gasteiger partial charge in [-0.2, -0.15) is 0 Å². The molecule has 1 aromatic rings. The van der Waals surface area contributed by atoms with Crippen LogP contribution in [0, 0.1) is 23.7 Å². The zero-order valence-corrected chi connectivity index (χ0v) is 12.6. The van der Waals surface area contributed by atoms with E-state index in [9.17, 15) is 0 Å². The molecule has 1 heterocycles. The molecule has 4 heteroatoms. The molecule has 0 radical (unpaired) electrons. The molecule has 20 heavy (non-hydrogen) atoms. The van der Waals surface area contributed by atoms with E-state index < -0.39 is 0 Å². The number of nitrogens with zero attached hydrogens (tertiary/aromatic N) is 3. The van der Waals surface area contributed by atoms with Crippen LogP contribution in [0.1, 0.15) is 69.3 Å². The minimum absolute atomic E-state index is 0.459. The first-order chi connectivity index (χ1) is 9.67.